The maximum Gasteiger partial charge on any atom is 0.253 e. The molecule has 4 nitrogen and oxygen atoms in total. The highest BCUT2D eigenvalue weighted by Gasteiger charge is 2.12. The summed E-state index contributed by atoms with van der Waals surface area (Å²) >= 11 is 8.18. The van der Waals surface area contributed by atoms with Gasteiger partial charge in [0, 0.05) is 21.4 Å². The summed E-state index contributed by atoms with van der Waals surface area (Å²) in [5, 5.41) is 3.13. The van der Waals surface area contributed by atoms with Crippen LogP contribution in [0.1, 0.15) is 27.2 Å². The maximum absolute atomic E-state index is 12.1. The van der Waals surface area contributed by atoms with Gasteiger partial charge in [0.2, 0.25) is 0 Å². The Morgan fingerprint density at radius 2 is 2.05 bits per heavy atom. The van der Waals surface area contributed by atoms with Crippen LogP contribution in [0, 0.1) is 17.4 Å². The number of halogens is 2. The van der Waals surface area contributed by atoms with E-state index < -0.39 is 0 Å². The van der Waals surface area contributed by atoms with Gasteiger partial charge in [0.05, 0.1) is 10.6 Å². The largest absolute Gasteiger partial charge is 0.348 e. The van der Waals surface area contributed by atoms with Crippen molar-refractivity contribution in [3.05, 3.63) is 65.6 Å². The van der Waals surface area contributed by atoms with Gasteiger partial charge < -0.3 is 10.3 Å². The molecule has 2 aromatic rings. The van der Waals surface area contributed by atoms with Gasteiger partial charge in [0.15, 0.2) is 0 Å². The SMILES string of the molecule is Cc1cc(C)c(CNC(=O)c2ccc(I)cc2Cl)c(=O)[nH]1. The molecule has 1 heterocycles. The summed E-state index contributed by atoms with van der Waals surface area (Å²) in [6, 6.07) is 7.08. The molecule has 6 heteroatoms. The number of rotatable bonds is 3. The first-order valence-corrected chi connectivity index (χ1v) is 7.77. The van der Waals surface area contributed by atoms with Crippen LogP contribution in [0.4, 0.5) is 0 Å². The molecule has 21 heavy (non-hydrogen) atoms. The van der Waals surface area contributed by atoms with Crippen molar-refractivity contribution in [3.63, 3.8) is 0 Å². The third-order valence-electron chi connectivity index (χ3n) is 3.10. The van der Waals surface area contributed by atoms with Crippen LogP contribution in [0.15, 0.2) is 29.1 Å². The van der Waals surface area contributed by atoms with Gasteiger partial charge in [-0.25, -0.2) is 0 Å². The number of pyridine rings is 1. The van der Waals surface area contributed by atoms with Gasteiger partial charge in [-0.05, 0) is 66.3 Å². The number of hydrogen-bond donors (Lipinski definition) is 2. The molecule has 0 saturated heterocycles. The Hall–Kier alpha value is -1.34. The Morgan fingerprint density at radius 1 is 1.33 bits per heavy atom. The Morgan fingerprint density at radius 3 is 2.67 bits per heavy atom. The molecule has 110 valence electrons. The van der Waals surface area contributed by atoms with Crippen LogP contribution in [0.25, 0.3) is 0 Å². The second kappa shape index (κ2) is 6.62. The van der Waals surface area contributed by atoms with Crippen molar-refractivity contribution in [2.45, 2.75) is 20.4 Å². The van der Waals surface area contributed by atoms with E-state index in [4.69, 9.17) is 11.6 Å². The Kier molecular flexibility index (Phi) is 5.05. The number of amides is 1. The van der Waals surface area contributed by atoms with Crippen molar-refractivity contribution >= 4 is 40.1 Å². The zero-order valence-corrected chi connectivity index (χ0v) is 14.5. The van der Waals surface area contributed by atoms with Gasteiger partial charge in [0.25, 0.3) is 11.5 Å². The molecule has 0 radical (unpaired) electrons. The number of H-pyrrole nitrogens is 1. The highest BCUT2D eigenvalue weighted by atomic mass is 127. The van der Waals surface area contributed by atoms with Crippen LogP contribution in [-0.2, 0) is 6.54 Å². The van der Waals surface area contributed by atoms with Crippen molar-refractivity contribution in [1.82, 2.24) is 10.3 Å². The highest BCUT2D eigenvalue weighted by molar-refractivity contribution is 14.1. The predicted octanol–water partition coefficient (Wildman–Crippen LogP) is 3.18. The molecule has 0 spiro atoms. The van der Waals surface area contributed by atoms with Crippen LogP contribution in [0.5, 0.6) is 0 Å². The smallest absolute Gasteiger partial charge is 0.253 e. The van der Waals surface area contributed by atoms with Gasteiger partial charge in [-0.3, -0.25) is 9.59 Å². The Balaban J connectivity index is 2.17. The zero-order chi connectivity index (χ0) is 15.6. The van der Waals surface area contributed by atoms with Crippen LogP contribution in [0.2, 0.25) is 5.02 Å². The number of carbonyl (C=O) groups is 1. The number of benzene rings is 1. The number of aryl methyl sites for hydroxylation is 2. The second-order valence-corrected chi connectivity index (χ2v) is 6.40. The standard InChI is InChI=1S/C15H14ClIN2O2/c1-8-5-9(2)19-15(21)12(8)7-18-14(20)11-4-3-10(17)6-13(11)16/h3-6H,7H2,1-2H3,(H,18,20)(H,19,21). The van der Waals surface area contributed by atoms with Crippen LogP contribution in [0.3, 0.4) is 0 Å². The van der Waals surface area contributed by atoms with Gasteiger partial charge >= 0.3 is 0 Å². The molecule has 2 N–H and O–H groups in total. The minimum Gasteiger partial charge on any atom is -0.348 e. The van der Waals surface area contributed by atoms with E-state index in [2.05, 4.69) is 32.9 Å². The first kappa shape index (κ1) is 16.0. The Labute approximate surface area is 141 Å². The van der Waals surface area contributed by atoms with E-state index in [1.165, 1.54) is 0 Å². The van der Waals surface area contributed by atoms with E-state index in [0.29, 0.717) is 16.1 Å². The molecule has 2 rings (SSSR count). The molecule has 0 aliphatic heterocycles. The molecule has 0 fully saturated rings. The average molecular weight is 417 g/mol. The lowest BCUT2D eigenvalue weighted by Gasteiger charge is -2.09. The average Bonchev–Trinajstić information content (AvgIpc) is 2.36. The summed E-state index contributed by atoms with van der Waals surface area (Å²) in [7, 11) is 0. The molecule has 1 aromatic heterocycles. The van der Waals surface area contributed by atoms with Gasteiger partial charge in [-0.2, -0.15) is 0 Å². The third-order valence-corrected chi connectivity index (χ3v) is 4.08. The van der Waals surface area contributed by atoms with E-state index in [0.717, 1.165) is 14.8 Å². The van der Waals surface area contributed by atoms with Gasteiger partial charge in [0.1, 0.15) is 0 Å². The highest BCUT2D eigenvalue weighted by Crippen LogP contribution is 2.19. The zero-order valence-electron chi connectivity index (χ0n) is 11.6. The monoisotopic (exact) mass is 416 g/mol. The number of nitrogens with one attached hydrogen (secondary N) is 2. The molecule has 1 amide bonds. The summed E-state index contributed by atoms with van der Waals surface area (Å²) < 4.78 is 0.958. The van der Waals surface area contributed by atoms with Crippen molar-refractivity contribution in [1.29, 1.82) is 0 Å². The quantitative estimate of drug-likeness (QED) is 0.755. The summed E-state index contributed by atoms with van der Waals surface area (Å²) in [6.07, 6.45) is 0. The fourth-order valence-corrected chi connectivity index (χ4v) is 2.98. The van der Waals surface area contributed by atoms with Crippen LogP contribution in [-0.4, -0.2) is 10.9 Å². The van der Waals surface area contributed by atoms with Crippen molar-refractivity contribution < 1.29 is 4.79 Å². The topological polar surface area (TPSA) is 62.0 Å². The second-order valence-electron chi connectivity index (χ2n) is 4.75. The normalized spacial score (nSPS) is 10.5. The lowest BCUT2D eigenvalue weighted by Crippen LogP contribution is -2.28. The number of aromatic amines is 1. The van der Waals surface area contributed by atoms with Crippen LogP contribution >= 0.6 is 34.2 Å². The number of hydrogen-bond acceptors (Lipinski definition) is 2. The van der Waals surface area contributed by atoms with Crippen LogP contribution < -0.4 is 10.9 Å². The predicted molar refractivity (Wildman–Crippen MR) is 91.9 cm³/mol. The first-order valence-electron chi connectivity index (χ1n) is 6.31. The lowest BCUT2D eigenvalue weighted by atomic mass is 10.1. The third kappa shape index (κ3) is 3.85. The van der Waals surface area contributed by atoms with Gasteiger partial charge in [-0.15, -0.1) is 0 Å². The number of aromatic nitrogens is 1. The fraction of sp³-hybridized carbons (Fsp3) is 0.200. The fourth-order valence-electron chi connectivity index (χ4n) is 2.04. The summed E-state index contributed by atoms with van der Waals surface area (Å²) in [5.41, 5.74) is 2.42. The maximum atomic E-state index is 12.1. The summed E-state index contributed by atoms with van der Waals surface area (Å²) in [4.78, 5) is 26.7. The van der Waals surface area contributed by atoms with E-state index in [9.17, 15) is 9.59 Å². The van der Waals surface area contributed by atoms with E-state index >= 15 is 0 Å². The van der Waals surface area contributed by atoms with E-state index in [-0.39, 0.29) is 18.0 Å². The van der Waals surface area contributed by atoms with E-state index in [1.54, 1.807) is 12.1 Å². The van der Waals surface area contributed by atoms with Gasteiger partial charge in [-0.1, -0.05) is 11.6 Å². The lowest BCUT2D eigenvalue weighted by molar-refractivity contribution is 0.0951. The molecule has 0 unspecified atom stereocenters. The molecule has 0 bridgehead atoms. The minimum atomic E-state index is -0.296. The molecular formula is C15H14ClIN2O2. The molecule has 0 atom stereocenters. The molecule has 1 aromatic carbocycles. The van der Waals surface area contributed by atoms with Crippen molar-refractivity contribution in [2.24, 2.45) is 0 Å². The first-order chi connectivity index (χ1) is 9.88. The van der Waals surface area contributed by atoms with Crippen molar-refractivity contribution in [2.75, 3.05) is 0 Å². The molecule has 0 saturated carbocycles. The molecular weight excluding hydrogens is 403 g/mol. The van der Waals surface area contributed by atoms with E-state index in [1.807, 2.05) is 26.0 Å². The summed E-state index contributed by atoms with van der Waals surface area (Å²) in [5.74, 6) is -0.296. The number of carbonyl (C=O) groups excluding carboxylic acids is 1. The molecule has 0 aliphatic rings. The van der Waals surface area contributed by atoms with Crippen molar-refractivity contribution in [3.8, 4) is 0 Å². The molecule has 0 aliphatic carbocycles. The Bertz CT molecular complexity index is 756. The summed E-state index contributed by atoms with van der Waals surface area (Å²) in [6.45, 7) is 3.84. The minimum absolute atomic E-state index is 0.169.